The van der Waals surface area contributed by atoms with E-state index in [-0.39, 0.29) is 16.7 Å². The molecule has 2 rings (SSSR count). The SMILES string of the molecule is N#CCCN1CCC(C(=O)Nc2ccc(S(N)(=O)=O)cc2)CC1. The highest BCUT2D eigenvalue weighted by atomic mass is 32.2. The number of amides is 1. The summed E-state index contributed by atoms with van der Waals surface area (Å²) >= 11 is 0. The highest BCUT2D eigenvalue weighted by Gasteiger charge is 2.24. The lowest BCUT2D eigenvalue weighted by Gasteiger charge is -2.30. The van der Waals surface area contributed by atoms with Crippen LogP contribution < -0.4 is 10.5 Å². The molecule has 0 unspecified atom stereocenters. The highest BCUT2D eigenvalue weighted by Crippen LogP contribution is 2.20. The van der Waals surface area contributed by atoms with Crippen molar-refractivity contribution in [3.05, 3.63) is 24.3 Å². The van der Waals surface area contributed by atoms with E-state index in [0.717, 1.165) is 32.5 Å². The number of anilines is 1. The van der Waals surface area contributed by atoms with Gasteiger partial charge in [-0.25, -0.2) is 13.6 Å². The Morgan fingerprint density at radius 2 is 1.91 bits per heavy atom. The molecule has 1 aliphatic heterocycles. The molecule has 0 spiro atoms. The van der Waals surface area contributed by atoms with Crippen molar-refractivity contribution in [3.8, 4) is 6.07 Å². The van der Waals surface area contributed by atoms with Gasteiger partial charge in [0.15, 0.2) is 0 Å². The molecule has 1 heterocycles. The Labute approximate surface area is 136 Å². The maximum absolute atomic E-state index is 12.2. The molecule has 7 nitrogen and oxygen atoms in total. The van der Waals surface area contributed by atoms with E-state index in [0.29, 0.717) is 12.1 Å². The van der Waals surface area contributed by atoms with Crippen molar-refractivity contribution >= 4 is 21.6 Å². The fourth-order valence-electron chi connectivity index (χ4n) is 2.60. The predicted octanol–water partition coefficient (Wildman–Crippen LogP) is 0.898. The largest absolute Gasteiger partial charge is 0.326 e. The molecule has 1 aromatic rings. The minimum absolute atomic E-state index is 0.0151. The molecule has 0 aliphatic carbocycles. The molecule has 1 amide bonds. The van der Waals surface area contributed by atoms with Crippen molar-refractivity contribution in [2.75, 3.05) is 25.0 Å². The summed E-state index contributed by atoms with van der Waals surface area (Å²) in [6, 6.07) is 7.92. The lowest BCUT2D eigenvalue weighted by molar-refractivity contribution is -0.121. The Morgan fingerprint density at radius 1 is 1.30 bits per heavy atom. The van der Waals surface area contributed by atoms with Gasteiger partial charge in [0.1, 0.15) is 0 Å². The van der Waals surface area contributed by atoms with E-state index >= 15 is 0 Å². The van der Waals surface area contributed by atoms with Gasteiger partial charge in [-0.1, -0.05) is 0 Å². The lowest BCUT2D eigenvalue weighted by atomic mass is 9.95. The first-order valence-corrected chi connectivity index (χ1v) is 8.98. The number of hydrogen-bond donors (Lipinski definition) is 2. The Balaban J connectivity index is 1.87. The minimum atomic E-state index is -3.72. The molecule has 0 atom stereocenters. The third kappa shape index (κ3) is 5.03. The number of piperidine rings is 1. The molecule has 23 heavy (non-hydrogen) atoms. The molecule has 1 saturated heterocycles. The second-order valence-corrected chi connectivity index (χ2v) is 7.14. The van der Waals surface area contributed by atoms with E-state index in [2.05, 4.69) is 16.3 Å². The summed E-state index contributed by atoms with van der Waals surface area (Å²) in [7, 11) is -3.72. The van der Waals surface area contributed by atoms with Crippen LogP contribution in [0.25, 0.3) is 0 Å². The van der Waals surface area contributed by atoms with E-state index in [1.54, 1.807) is 0 Å². The molecule has 1 fully saturated rings. The van der Waals surface area contributed by atoms with Crippen LogP contribution in [-0.2, 0) is 14.8 Å². The normalized spacial score (nSPS) is 16.7. The van der Waals surface area contributed by atoms with Crippen LogP contribution in [0.1, 0.15) is 19.3 Å². The minimum Gasteiger partial charge on any atom is -0.326 e. The Bertz CT molecular complexity index is 686. The van der Waals surface area contributed by atoms with Gasteiger partial charge in [-0.2, -0.15) is 5.26 Å². The van der Waals surface area contributed by atoms with Gasteiger partial charge in [-0.05, 0) is 50.2 Å². The third-order valence-corrected chi connectivity index (χ3v) is 4.88. The quantitative estimate of drug-likeness (QED) is 0.828. The van der Waals surface area contributed by atoms with Crippen LogP contribution in [-0.4, -0.2) is 38.9 Å². The van der Waals surface area contributed by atoms with E-state index in [9.17, 15) is 13.2 Å². The third-order valence-electron chi connectivity index (χ3n) is 3.95. The van der Waals surface area contributed by atoms with Gasteiger partial charge < -0.3 is 10.2 Å². The first kappa shape index (κ1) is 17.4. The van der Waals surface area contributed by atoms with E-state index in [1.807, 2.05) is 0 Å². The molecule has 0 saturated carbocycles. The monoisotopic (exact) mass is 336 g/mol. The summed E-state index contributed by atoms with van der Waals surface area (Å²) < 4.78 is 22.4. The van der Waals surface area contributed by atoms with Crippen molar-refractivity contribution < 1.29 is 13.2 Å². The summed E-state index contributed by atoms with van der Waals surface area (Å²) in [5.74, 6) is -0.125. The Kier molecular flexibility index (Phi) is 5.71. The van der Waals surface area contributed by atoms with Gasteiger partial charge in [-0.15, -0.1) is 0 Å². The van der Waals surface area contributed by atoms with Gasteiger partial charge in [-0.3, -0.25) is 4.79 Å². The number of carbonyl (C=O) groups excluding carboxylic acids is 1. The number of benzene rings is 1. The molecule has 0 radical (unpaired) electrons. The summed E-state index contributed by atoms with van der Waals surface area (Å²) in [6.07, 6.45) is 2.02. The number of nitrogens with zero attached hydrogens (tertiary/aromatic N) is 2. The van der Waals surface area contributed by atoms with Crippen molar-refractivity contribution in [1.82, 2.24) is 4.90 Å². The topological polar surface area (TPSA) is 116 Å². The number of nitrogens with one attached hydrogen (secondary N) is 1. The van der Waals surface area contributed by atoms with Crippen molar-refractivity contribution in [3.63, 3.8) is 0 Å². The summed E-state index contributed by atoms with van der Waals surface area (Å²) in [6.45, 7) is 2.37. The number of primary sulfonamides is 1. The summed E-state index contributed by atoms with van der Waals surface area (Å²) in [4.78, 5) is 14.4. The molecular formula is C15H20N4O3S. The smallest absolute Gasteiger partial charge is 0.238 e. The Morgan fingerprint density at radius 3 is 2.43 bits per heavy atom. The van der Waals surface area contributed by atoms with Crippen molar-refractivity contribution in [2.45, 2.75) is 24.2 Å². The average Bonchev–Trinajstić information content (AvgIpc) is 2.53. The first-order chi connectivity index (χ1) is 10.9. The lowest BCUT2D eigenvalue weighted by Crippen LogP contribution is -2.38. The maximum Gasteiger partial charge on any atom is 0.238 e. The van der Waals surface area contributed by atoms with Crippen molar-refractivity contribution in [2.24, 2.45) is 11.1 Å². The van der Waals surface area contributed by atoms with E-state index in [1.165, 1.54) is 24.3 Å². The fraction of sp³-hybridized carbons (Fsp3) is 0.467. The zero-order valence-corrected chi connectivity index (χ0v) is 13.6. The second-order valence-electron chi connectivity index (χ2n) is 5.58. The number of nitriles is 1. The van der Waals surface area contributed by atoms with Crippen LogP contribution in [0.5, 0.6) is 0 Å². The molecule has 1 aliphatic rings. The zero-order chi connectivity index (χ0) is 16.9. The number of hydrogen-bond acceptors (Lipinski definition) is 5. The first-order valence-electron chi connectivity index (χ1n) is 7.43. The fourth-order valence-corrected chi connectivity index (χ4v) is 3.11. The standard InChI is InChI=1S/C15H20N4O3S/c16-8-1-9-19-10-6-12(7-11-19)15(20)18-13-2-4-14(5-3-13)23(17,21)22/h2-5,12H,1,6-7,9-11H2,(H,18,20)(H2,17,21,22). The van der Waals surface area contributed by atoms with Gasteiger partial charge in [0.25, 0.3) is 0 Å². The van der Waals surface area contributed by atoms with Crippen LogP contribution >= 0.6 is 0 Å². The highest BCUT2D eigenvalue weighted by molar-refractivity contribution is 7.89. The number of likely N-dealkylation sites (tertiary alicyclic amines) is 1. The van der Waals surface area contributed by atoms with Gasteiger partial charge in [0, 0.05) is 24.6 Å². The van der Waals surface area contributed by atoms with Crippen LogP contribution in [0.4, 0.5) is 5.69 Å². The van der Waals surface area contributed by atoms with Crippen LogP contribution in [0.3, 0.4) is 0 Å². The van der Waals surface area contributed by atoms with Gasteiger partial charge in [0.2, 0.25) is 15.9 Å². The van der Waals surface area contributed by atoms with Crippen molar-refractivity contribution in [1.29, 1.82) is 5.26 Å². The molecule has 0 bridgehead atoms. The van der Waals surface area contributed by atoms with Gasteiger partial charge >= 0.3 is 0 Å². The van der Waals surface area contributed by atoms with E-state index < -0.39 is 10.0 Å². The predicted molar refractivity (Wildman–Crippen MR) is 85.8 cm³/mol. The number of nitrogens with two attached hydrogens (primary N) is 1. The van der Waals surface area contributed by atoms with Crippen LogP contribution in [0, 0.1) is 17.2 Å². The molecule has 1 aromatic carbocycles. The number of rotatable bonds is 5. The molecule has 124 valence electrons. The molecule has 8 heteroatoms. The summed E-state index contributed by atoms with van der Waals surface area (Å²) in [5, 5.41) is 16.4. The molecule has 0 aromatic heterocycles. The Hall–Kier alpha value is -1.95. The van der Waals surface area contributed by atoms with Crippen LogP contribution in [0.2, 0.25) is 0 Å². The van der Waals surface area contributed by atoms with E-state index in [4.69, 9.17) is 10.4 Å². The molecule has 3 N–H and O–H groups in total. The molecular weight excluding hydrogens is 316 g/mol. The average molecular weight is 336 g/mol. The maximum atomic E-state index is 12.2. The second kappa shape index (κ2) is 7.55. The summed E-state index contributed by atoms with van der Waals surface area (Å²) in [5.41, 5.74) is 0.550. The zero-order valence-electron chi connectivity index (χ0n) is 12.7. The van der Waals surface area contributed by atoms with Gasteiger partial charge in [0.05, 0.1) is 11.0 Å². The van der Waals surface area contributed by atoms with Crippen LogP contribution in [0.15, 0.2) is 29.2 Å². The number of sulfonamides is 1. The number of carbonyl (C=O) groups is 1.